The second-order valence-corrected chi connectivity index (χ2v) is 7.52. The molecule has 0 saturated heterocycles. The van der Waals surface area contributed by atoms with Gasteiger partial charge in [0.25, 0.3) is 5.69 Å². The number of hydrogen-bond acceptors (Lipinski definition) is 5. The highest BCUT2D eigenvalue weighted by atomic mass is 32.1. The Morgan fingerprint density at radius 2 is 2.00 bits per heavy atom. The third-order valence-electron chi connectivity index (χ3n) is 5.25. The summed E-state index contributed by atoms with van der Waals surface area (Å²) in [5, 5.41) is 15.8. The molecule has 0 unspecified atom stereocenters. The summed E-state index contributed by atoms with van der Waals surface area (Å²) in [5.74, 6) is 0.909. The molecule has 3 aromatic rings. The smallest absolute Gasteiger partial charge is 0.269 e. The average molecular weight is 395 g/mol. The molecule has 144 valence electrons. The fraction of sp³-hybridized carbons (Fsp3) is 0.300. The Hall–Kier alpha value is -3.00. The lowest BCUT2D eigenvalue weighted by Gasteiger charge is -2.24. The van der Waals surface area contributed by atoms with E-state index in [2.05, 4.69) is 24.0 Å². The lowest BCUT2D eigenvalue weighted by atomic mass is 10.1. The number of nitrogens with zero attached hydrogens (tertiary/aromatic N) is 5. The van der Waals surface area contributed by atoms with Crippen molar-refractivity contribution in [3.8, 4) is 0 Å². The van der Waals surface area contributed by atoms with Crippen LogP contribution in [0.5, 0.6) is 0 Å². The fourth-order valence-electron chi connectivity index (χ4n) is 3.71. The van der Waals surface area contributed by atoms with Crippen molar-refractivity contribution in [1.29, 1.82) is 0 Å². The van der Waals surface area contributed by atoms with E-state index in [1.807, 2.05) is 40.6 Å². The predicted octanol–water partition coefficient (Wildman–Crippen LogP) is 3.86. The first-order valence-electron chi connectivity index (χ1n) is 9.14. The number of aromatic nitrogens is 3. The molecule has 2 aromatic carbocycles. The van der Waals surface area contributed by atoms with E-state index in [0.29, 0.717) is 17.9 Å². The summed E-state index contributed by atoms with van der Waals surface area (Å²) in [6.45, 7) is 2.64. The molecule has 1 aliphatic rings. The molecule has 0 radical (unpaired) electrons. The first-order chi connectivity index (χ1) is 13.4. The maximum Gasteiger partial charge on any atom is 0.269 e. The third kappa shape index (κ3) is 3.31. The monoisotopic (exact) mass is 395 g/mol. The van der Waals surface area contributed by atoms with E-state index in [4.69, 9.17) is 17.3 Å². The van der Waals surface area contributed by atoms with Gasteiger partial charge in [-0.3, -0.25) is 10.1 Å². The molecule has 7 nitrogen and oxygen atoms in total. The van der Waals surface area contributed by atoms with Crippen LogP contribution in [0, 0.1) is 14.9 Å². The van der Waals surface area contributed by atoms with Crippen LogP contribution >= 0.6 is 12.2 Å². The molecule has 0 saturated carbocycles. The summed E-state index contributed by atoms with van der Waals surface area (Å²) in [5.41, 5.74) is 3.32. The number of anilines is 1. The first kappa shape index (κ1) is 18.4. The summed E-state index contributed by atoms with van der Waals surface area (Å²) >= 11 is 5.60. The topological polar surface area (TPSA) is 69.1 Å². The van der Waals surface area contributed by atoms with Gasteiger partial charge in [-0.15, -0.1) is 0 Å². The van der Waals surface area contributed by atoms with Crippen LogP contribution in [0.4, 0.5) is 11.4 Å². The van der Waals surface area contributed by atoms with Crippen molar-refractivity contribution in [1.82, 2.24) is 14.3 Å². The molecule has 0 amide bonds. The second kappa shape index (κ2) is 7.20. The van der Waals surface area contributed by atoms with Crippen LogP contribution in [-0.4, -0.2) is 25.3 Å². The summed E-state index contributed by atoms with van der Waals surface area (Å²) < 4.78 is 4.44. The number of nitro benzene ring substituents is 1. The minimum absolute atomic E-state index is 0.132. The summed E-state index contributed by atoms with van der Waals surface area (Å²) in [4.78, 5) is 12.9. The lowest BCUT2D eigenvalue weighted by molar-refractivity contribution is -0.384. The average Bonchev–Trinajstić information content (AvgIpc) is 3.13. The zero-order valence-corrected chi connectivity index (χ0v) is 16.6. The zero-order chi connectivity index (χ0) is 19.8. The summed E-state index contributed by atoms with van der Waals surface area (Å²) in [7, 11) is 1.94. The minimum Gasteiger partial charge on any atom is -0.349 e. The van der Waals surface area contributed by atoms with E-state index in [9.17, 15) is 10.1 Å². The fourth-order valence-corrected chi connectivity index (χ4v) is 3.92. The number of hydrogen-bond donors (Lipinski definition) is 0. The molecule has 0 fully saturated rings. The van der Waals surface area contributed by atoms with Crippen molar-refractivity contribution in [3.63, 3.8) is 0 Å². The van der Waals surface area contributed by atoms with Gasteiger partial charge in [0.1, 0.15) is 12.5 Å². The number of fused-ring (bicyclic) bond motifs is 1. The standard InChI is InChI=1S/C20H21N5O2S/c1-14-10-16-12-17(25(26)27)8-9-18(16)23(14)13-24-20(28)22(2)19(21-24)11-15-6-4-3-5-7-15/h3-9,12,14H,10-11,13H2,1-2H3/t14-/m0/s1. The van der Waals surface area contributed by atoms with Crippen LogP contribution < -0.4 is 4.90 Å². The van der Waals surface area contributed by atoms with E-state index in [1.165, 1.54) is 5.56 Å². The van der Waals surface area contributed by atoms with E-state index in [1.54, 1.807) is 12.1 Å². The van der Waals surface area contributed by atoms with Gasteiger partial charge < -0.3 is 9.47 Å². The molecule has 0 bridgehead atoms. The van der Waals surface area contributed by atoms with Gasteiger partial charge in [-0.25, -0.2) is 4.68 Å². The molecule has 0 spiro atoms. The maximum atomic E-state index is 11.1. The Morgan fingerprint density at radius 3 is 2.71 bits per heavy atom. The first-order valence-corrected chi connectivity index (χ1v) is 9.55. The maximum absolute atomic E-state index is 11.1. The number of rotatable bonds is 5. The molecule has 4 rings (SSSR count). The number of non-ortho nitro benzene ring substituents is 1. The van der Waals surface area contributed by atoms with Gasteiger partial charge in [0.15, 0.2) is 4.77 Å². The van der Waals surface area contributed by atoms with Gasteiger partial charge in [0.05, 0.1) is 4.92 Å². The van der Waals surface area contributed by atoms with E-state index in [-0.39, 0.29) is 16.7 Å². The van der Waals surface area contributed by atoms with Crippen LogP contribution in [0.15, 0.2) is 48.5 Å². The third-order valence-corrected chi connectivity index (χ3v) is 5.74. The Balaban J connectivity index is 1.61. The van der Waals surface area contributed by atoms with Gasteiger partial charge in [0, 0.05) is 37.3 Å². The highest BCUT2D eigenvalue weighted by molar-refractivity contribution is 7.71. The van der Waals surface area contributed by atoms with Crippen LogP contribution in [0.1, 0.15) is 23.9 Å². The van der Waals surface area contributed by atoms with Gasteiger partial charge in [0.2, 0.25) is 0 Å². The Labute approximate surface area is 168 Å². The van der Waals surface area contributed by atoms with Crippen molar-refractivity contribution in [2.45, 2.75) is 32.5 Å². The molecule has 8 heteroatoms. The van der Waals surface area contributed by atoms with Crippen molar-refractivity contribution in [3.05, 3.63) is 80.4 Å². The second-order valence-electron chi connectivity index (χ2n) is 7.15. The van der Waals surface area contributed by atoms with Gasteiger partial charge in [-0.1, -0.05) is 30.3 Å². The zero-order valence-electron chi connectivity index (χ0n) is 15.8. The van der Waals surface area contributed by atoms with Crippen molar-refractivity contribution in [2.24, 2.45) is 7.05 Å². The van der Waals surface area contributed by atoms with Gasteiger partial charge in [-0.05, 0) is 42.8 Å². The Kier molecular flexibility index (Phi) is 4.72. The molecule has 1 aromatic heterocycles. The molecule has 0 aliphatic carbocycles. The van der Waals surface area contributed by atoms with Gasteiger partial charge in [-0.2, -0.15) is 5.10 Å². The summed E-state index contributed by atoms with van der Waals surface area (Å²) in [6.07, 6.45) is 1.49. The molecule has 2 heterocycles. The number of benzene rings is 2. The van der Waals surface area contributed by atoms with E-state index < -0.39 is 0 Å². The quantitative estimate of drug-likeness (QED) is 0.373. The normalized spacial score (nSPS) is 15.6. The predicted molar refractivity (Wildman–Crippen MR) is 110 cm³/mol. The molecule has 28 heavy (non-hydrogen) atoms. The van der Waals surface area contributed by atoms with Crippen LogP contribution in [0.3, 0.4) is 0 Å². The minimum atomic E-state index is -0.349. The largest absolute Gasteiger partial charge is 0.349 e. The molecule has 1 aliphatic heterocycles. The molecular weight excluding hydrogens is 374 g/mol. The SMILES string of the molecule is C[C@H]1Cc2cc([N+](=O)[O-])ccc2N1Cn1nc(Cc2ccccc2)n(C)c1=S. The summed E-state index contributed by atoms with van der Waals surface area (Å²) in [6, 6.07) is 15.5. The highest BCUT2D eigenvalue weighted by Crippen LogP contribution is 2.35. The van der Waals surface area contributed by atoms with Crippen LogP contribution in [0.2, 0.25) is 0 Å². The molecule has 0 N–H and O–H groups in total. The van der Waals surface area contributed by atoms with Gasteiger partial charge >= 0.3 is 0 Å². The van der Waals surface area contributed by atoms with Crippen LogP contribution in [-0.2, 0) is 26.6 Å². The number of nitro groups is 1. The van der Waals surface area contributed by atoms with E-state index >= 15 is 0 Å². The highest BCUT2D eigenvalue weighted by Gasteiger charge is 2.28. The van der Waals surface area contributed by atoms with E-state index in [0.717, 1.165) is 23.5 Å². The van der Waals surface area contributed by atoms with Crippen molar-refractivity contribution < 1.29 is 4.92 Å². The molecular formula is C20H21N5O2S. The Bertz CT molecular complexity index is 1090. The molecule has 1 atom stereocenters. The lowest BCUT2D eigenvalue weighted by Crippen LogP contribution is -2.32. The van der Waals surface area contributed by atoms with Crippen LogP contribution in [0.25, 0.3) is 0 Å². The Morgan fingerprint density at radius 1 is 1.25 bits per heavy atom. The van der Waals surface area contributed by atoms with Crippen molar-refractivity contribution in [2.75, 3.05) is 4.90 Å². The van der Waals surface area contributed by atoms with Crippen molar-refractivity contribution >= 4 is 23.6 Å².